The average Bonchev–Trinajstić information content (AvgIpc) is 3.34. The molecule has 0 aliphatic carbocycles. The molecule has 1 saturated heterocycles. The van der Waals surface area contributed by atoms with Crippen molar-refractivity contribution < 1.29 is 9.84 Å². The molecule has 1 fully saturated rings. The second kappa shape index (κ2) is 7.33. The monoisotopic (exact) mass is 407 g/mol. The molecule has 156 valence electrons. The molecular weight excluding hydrogens is 382 g/mol. The second-order valence-corrected chi connectivity index (χ2v) is 7.65. The van der Waals surface area contributed by atoms with Gasteiger partial charge in [0.25, 0.3) is 5.95 Å². The molecular formula is C21H25N7O2. The molecule has 1 aromatic carbocycles. The van der Waals surface area contributed by atoms with Crippen molar-refractivity contribution in [2.75, 3.05) is 31.2 Å². The summed E-state index contributed by atoms with van der Waals surface area (Å²) >= 11 is 0. The summed E-state index contributed by atoms with van der Waals surface area (Å²) in [5.41, 5.74) is 3.48. The maximum atomic E-state index is 10.3. The van der Waals surface area contributed by atoms with Gasteiger partial charge in [0.05, 0.1) is 18.7 Å². The lowest BCUT2D eigenvalue weighted by molar-refractivity contribution is 0.122. The summed E-state index contributed by atoms with van der Waals surface area (Å²) in [6.45, 7) is 9.20. The first-order chi connectivity index (χ1) is 14.5. The molecule has 0 amide bonds. The minimum atomic E-state index is -0.699. The van der Waals surface area contributed by atoms with Gasteiger partial charge in [-0.25, -0.2) is 9.67 Å². The van der Waals surface area contributed by atoms with E-state index in [1.54, 1.807) is 11.6 Å². The zero-order valence-corrected chi connectivity index (χ0v) is 17.4. The van der Waals surface area contributed by atoms with Gasteiger partial charge in [-0.05, 0) is 32.9 Å². The lowest BCUT2D eigenvalue weighted by Gasteiger charge is -2.28. The number of hydrogen-bond acceptors (Lipinski definition) is 7. The van der Waals surface area contributed by atoms with E-state index in [9.17, 15) is 5.11 Å². The van der Waals surface area contributed by atoms with Gasteiger partial charge in [-0.1, -0.05) is 11.6 Å². The molecule has 1 aliphatic rings. The molecule has 1 N–H and O–H groups in total. The second-order valence-electron chi connectivity index (χ2n) is 7.65. The van der Waals surface area contributed by atoms with Crippen LogP contribution in [0.5, 0.6) is 0 Å². The topological polar surface area (TPSA) is 94.1 Å². The maximum Gasteiger partial charge on any atom is 0.254 e. The number of aliphatic hydroxyl groups is 1. The number of nitrogens with zero attached hydrogens (tertiary/aromatic N) is 7. The Bertz CT molecular complexity index is 1220. The minimum Gasteiger partial charge on any atom is -0.385 e. The van der Waals surface area contributed by atoms with Gasteiger partial charge in [-0.3, -0.25) is 0 Å². The fourth-order valence-corrected chi connectivity index (χ4v) is 3.97. The molecule has 0 saturated carbocycles. The number of rotatable bonds is 4. The lowest BCUT2D eigenvalue weighted by Crippen LogP contribution is -2.37. The Balaban J connectivity index is 1.74. The average molecular weight is 407 g/mol. The van der Waals surface area contributed by atoms with Crippen LogP contribution in [-0.4, -0.2) is 60.7 Å². The van der Waals surface area contributed by atoms with E-state index in [0.717, 1.165) is 29.8 Å². The fourth-order valence-electron chi connectivity index (χ4n) is 3.97. The van der Waals surface area contributed by atoms with Gasteiger partial charge in [0.15, 0.2) is 17.0 Å². The number of aromatic nitrogens is 6. The zero-order valence-electron chi connectivity index (χ0n) is 17.4. The van der Waals surface area contributed by atoms with Crippen LogP contribution in [0.1, 0.15) is 31.3 Å². The van der Waals surface area contributed by atoms with Crippen molar-refractivity contribution in [1.29, 1.82) is 0 Å². The first-order valence-electron chi connectivity index (χ1n) is 10.3. The van der Waals surface area contributed by atoms with Gasteiger partial charge in [-0.15, -0.1) is 0 Å². The Morgan fingerprint density at radius 1 is 1.17 bits per heavy atom. The van der Waals surface area contributed by atoms with Crippen LogP contribution in [0, 0.1) is 6.92 Å². The highest BCUT2D eigenvalue weighted by Gasteiger charge is 2.24. The largest absolute Gasteiger partial charge is 0.385 e. The van der Waals surface area contributed by atoms with Crippen molar-refractivity contribution in [3.63, 3.8) is 0 Å². The molecule has 3 aromatic heterocycles. The molecule has 30 heavy (non-hydrogen) atoms. The summed E-state index contributed by atoms with van der Waals surface area (Å²) in [6, 6.07) is 6.15. The van der Waals surface area contributed by atoms with Gasteiger partial charge in [0.2, 0.25) is 0 Å². The number of aliphatic hydroxyl groups excluding tert-OH is 1. The van der Waals surface area contributed by atoms with E-state index in [2.05, 4.69) is 23.0 Å². The Labute approximate surface area is 173 Å². The van der Waals surface area contributed by atoms with Crippen LogP contribution in [0.4, 0.5) is 5.82 Å². The number of ether oxygens (including phenoxy) is 1. The minimum absolute atomic E-state index is 0.490. The number of morpholine rings is 1. The molecule has 9 nitrogen and oxygen atoms in total. The molecule has 1 aliphatic heterocycles. The quantitative estimate of drug-likeness (QED) is 0.555. The highest BCUT2D eigenvalue weighted by atomic mass is 16.5. The lowest BCUT2D eigenvalue weighted by atomic mass is 10.2. The summed E-state index contributed by atoms with van der Waals surface area (Å²) in [5, 5.41) is 16.0. The van der Waals surface area contributed by atoms with Crippen molar-refractivity contribution >= 4 is 27.9 Å². The smallest absolute Gasteiger partial charge is 0.254 e. The van der Waals surface area contributed by atoms with Crippen LogP contribution >= 0.6 is 0 Å². The maximum absolute atomic E-state index is 10.3. The summed E-state index contributed by atoms with van der Waals surface area (Å²) in [5.74, 6) is 1.84. The van der Waals surface area contributed by atoms with Crippen molar-refractivity contribution in [3.8, 4) is 5.95 Å². The van der Waals surface area contributed by atoms with Gasteiger partial charge in [-0.2, -0.15) is 15.1 Å². The molecule has 5 rings (SSSR count). The number of fused-ring (bicyclic) bond motifs is 2. The van der Waals surface area contributed by atoms with Gasteiger partial charge in [0.1, 0.15) is 11.9 Å². The molecule has 4 heterocycles. The highest BCUT2D eigenvalue weighted by Crippen LogP contribution is 2.28. The number of aryl methyl sites for hydroxylation is 2. The molecule has 4 aromatic rings. The Morgan fingerprint density at radius 2 is 1.97 bits per heavy atom. The van der Waals surface area contributed by atoms with E-state index in [-0.39, 0.29) is 0 Å². The summed E-state index contributed by atoms with van der Waals surface area (Å²) < 4.78 is 9.19. The Morgan fingerprint density at radius 3 is 2.70 bits per heavy atom. The summed E-state index contributed by atoms with van der Waals surface area (Å²) in [6.07, 6.45) is 1.25. The van der Waals surface area contributed by atoms with Crippen LogP contribution < -0.4 is 4.90 Å². The van der Waals surface area contributed by atoms with Crippen LogP contribution in [0.15, 0.2) is 24.4 Å². The summed E-state index contributed by atoms with van der Waals surface area (Å²) in [4.78, 5) is 16.6. The first-order valence-corrected chi connectivity index (χ1v) is 10.3. The Hall–Kier alpha value is -3.04. The third-order valence-electron chi connectivity index (χ3n) is 5.46. The van der Waals surface area contributed by atoms with E-state index in [1.807, 2.05) is 29.8 Å². The van der Waals surface area contributed by atoms with E-state index in [1.165, 1.54) is 5.56 Å². The van der Waals surface area contributed by atoms with Crippen LogP contribution in [0.2, 0.25) is 0 Å². The predicted octanol–water partition coefficient (Wildman–Crippen LogP) is 2.38. The molecule has 1 unspecified atom stereocenters. The molecule has 9 heteroatoms. The number of benzene rings is 1. The molecule has 1 atom stereocenters. The van der Waals surface area contributed by atoms with Crippen molar-refractivity contribution in [3.05, 3.63) is 35.8 Å². The number of hydrogen-bond donors (Lipinski definition) is 1. The predicted molar refractivity (Wildman–Crippen MR) is 114 cm³/mol. The SMILES string of the molecule is CCn1c(C(C)O)nc2c(N3CCOCC3)nc(-n3cc4cc(C)ccc4n3)nc21. The van der Waals surface area contributed by atoms with Crippen LogP contribution in [0.25, 0.3) is 28.0 Å². The van der Waals surface area contributed by atoms with Crippen LogP contribution in [-0.2, 0) is 11.3 Å². The fraction of sp³-hybridized carbons (Fsp3) is 0.429. The third-order valence-corrected chi connectivity index (χ3v) is 5.46. The zero-order chi connectivity index (χ0) is 20.8. The first kappa shape index (κ1) is 19.0. The van der Waals surface area contributed by atoms with Gasteiger partial charge in [0, 0.05) is 31.2 Å². The summed E-state index contributed by atoms with van der Waals surface area (Å²) in [7, 11) is 0. The van der Waals surface area contributed by atoms with E-state index >= 15 is 0 Å². The van der Waals surface area contributed by atoms with E-state index in [0.29, 0.717) is 42.7 Å². The van der Waals surface area contributed by atoms with Gasteiger partial charge < -0.3 is 19.3 Å². The van der Waals surface area contributed by atoms with Crippen LogP contribution in [0.3, 0.4) is 0 Å². The number of anilines is 1. The van der Waals surface area contributed by atoms with E-state index < -0.39 is 6.10 Å². The normalized spacial score (nSPS) is 15.9. The highest BCUT2D eigenvalue weighted by molar-refractivity contribution is 5.85. The van der Waals surface area contributed by atoms with Crippen molar-refractivity contribution in [1.82, 2.24) is 29.3 Å². The molecule has 0 radical (unpaired) electrons. The van der Waals surface area contributed by atoms with Crippen molar-refractivity contribution in [2.45, 2.75) is 33.4 Å². The Kier molecular flexibility index (Phi) is 4.63. The molecule has 0 spiro atoms. The third kappa shape index (κ3) is 3.10. The van der Waals surface area contributed by atoms with Crippen molar-refractivity contribution in [2.24, 2.45) is 0 Å². The molecule has 0 bridgehead atoms. The van der Waals surface area contributed by atoms with Gasteiger partial charge >= 0.3 is 0 Å². The van der Waals surface area contributed by atoms with E-state index in [4.69, 9.17) is 19.7 Å². The standard InChI is InChI=1S/C21H25N7O2/c1-4-27-18(14(3)29)22-17-19(26-7-9-30-10-8-26)23-21(24-20(17)27)28-12-15-11-13(2)5-6-16(15)25-28/h5-6,11-12,14,29H,4,7-10H2,1-3H3. The number of imidazole rings is 1.